The Balaban J connectivity index is 1.90. The maximum atomic E-state index is 5.74. The normalized spacial score (nSPS) is 30.3. The van der Waals surface area contributed by atoms with Crippen LogP contribution >= 0.6 is 12.2 Å². The van der Waals surface area contributed by atoms with Gasteiger partial charge in [0.15, 0.2) is 0 Å². The number of nitrogens with zero attached hydrogens (tertiary/aromatic N) is 1. The Morgan fingerprint density at radius 3 is 2.69 bits per heavy atom. The van der Waals surface area contributed by atoms with Crippen molar-refractivity contribution in [3.63, 3.8) is 0 Å². The van der Waals surface area contributed by atoms with Crippen LogP contribution in [-0.4, -0.2) is 29.0 Å². The highest BCUT2D eigenvalue weighted by molar-refractivity contribution is 7.80. The van der Waals surface area contributed by atoms with Crippen molar-refractivity contribution in [1.82, 2.24) is 4.90 Å². The molecule has 13 heavy (non-hydrogen) atoms. The van der Waals surface area contributed by atoms with Crippen LogP contribution in [0.2, 0.25) is 0 Å². The van der Waals surface area contributed by atoms with Crippen molar-refractivity contribution in [3.8, 4) is 0 Å². The van der Waals surface area contributed by atoms with E-state index in [1.807, 2.05) is 0 Å². The molecule has 0 aromatic rings. The zero-order valence-electron chi connectivity index (χ0n) is 8.04. The minimum atomic E-state index is 0.407. The summed E-state index contributed by atoms with van der Waals surface area (Å²) in [6.07, 6.45) is 6.64. The van der Waals surface area contributed by atoms with Crippen molar-refractivity contribution in [2.45, 2.75) is 38.1 Å². The van der Waals surface area contributed by atoms with Crippen LogP contribution in [0.3, 0.4) is 0 Å². The second-order valence-corrected chi connectivity index (χ2v) is 4.82. The van der Waals surface area contributed by atoms with Gasteiger partial charge in [0.2, 0.25) is 0 Å². The van der Waals surface area contributed by atoms with E-state index in [1.165, 1.54) is 45.2 Å². The van der Waals surface area contributed by atoms with Crippen LogP contribution in [0.15, 0.2) is 0 Å². The number of nitrogens with two attached hydrogens (primary N) is 1. The van der Waals surface area contributed by atoms with Crippen molar-refractivity contribution in [3.05, 3.63) is 0 Å². The molecule has 2 N–H and O–H groups in total. The summed E-state index contributed by atoms with van der Waals surface area (Å²) in [6.45, 7) is 2.44. The summed E-state index contributed by atoms with van der Waals surface area (Å²) < 4.78 is 0. The van der Waals surface area contributed by atoms with Crippen LogP contribution < -0.4 is 5.73 Å². The molecule has 0 aromatic carbocycles. The molecule has 1 aliphatic carbocycles. The van der Waals surface area contributed by atoms with Gasteiger partial charge >= 0.3 is 0 Å². The van der Waals surface area contributed by atoms with E-state index in [-0.39, 0.29) is 0 Å². The molecule has 1 atom stereocenters. The highest BCUT2D eigenvalue weighted by atomic mass is 32.1. The van der Waals surface area contributed by atoms with Gasteiger partial charge in [0.1, 0.15) is 0 Å². The van der Waals surface area contributed by atoms with Crippen LogP contribution in [0, 0.1) is 5.92 Å². The van der Waals surface area contributed by atoms with Crippen LogP contribution in [-0.2, 0) is 0 Å². The average molecular weight is 198 g/mol. The fraction of sp³-hybridized carbons (Fsp3) is 0.900. The molecule has 2 fully saturated rings. The number of likely N-dealkylation sites (tertiary alicyclic amines) is 1. The van der Waals surface area contributed by atoms with E-state index < -0.39 is 0 Å². The van der Waals surface area contributed by atoms with Crippen LogP contribution in [0.4, 0.5) is 0 Å². The molecule has 0 bridgehead atoms. The zero-order chi connectivity index (χ0) is 9.26. The Labute approximate surface area is 85.5 Å². The largest absolute Gasteiger partial charge is 0.392 e. The minimum Gasteiger partial charge on any atom is -0.392 e. The van der Waals surface area contributed by atoms with Crippen molar-refractivity contribution in [2.75, 3.05) is 13.1 Å². The zero-order valence-corrected chi connectivity index (χ0v) is 8.85. The molecule has 1 unspecified atom stereocenters. The Hall–Kier alpha value is -0.150. The van der Waals surface area contributed by atoms with Gasteiger partial charge in [-0.15, -0.1) is 0 Å². The van der Waals surface area contributed by atoms with Crippen LogP contribution in [0.1, 0.15) is 32.1 Å². The first-order chi connectivity index (χ1) is 6.27. The van der Waals surface area contributed by atoms with Crippen molar-refractivity contribution in [2.24, 2.45) is 11.7 Å². The van der Waals surface area contributed by atoms with E-state index in [0.29, 0.717) is 11.0 Å². The first-order valence-corrected chi connectivity index (χ1v) is 5.71. The quantitative estimate of drug-likeness (QED) is 0.697. The Kier molecular flexibility index (Phi) is 2.84. The maximum Gasteiger partial charge on any atom is 0.0902 e. The summed E-state index contributed by atoms with van der Waals surface area (Å²) in [6, 6.07) is 0.407. The summed E-state index contributed by atoms with van der Waals surface area (Å²) in [5.41, 5.74) is 5.74. The molecule has 3 heteroatoms. The molecule has 1 heterocycles. The van der Waals surface area contributed by atoms with Gasteiger partial charge in [-0.05, 0) is 38.1 Å². The van der Waals surface area contributed by atoms with Crippen LogP contribution in [0.25, 0.3) is 0 Å². The summed E-state index contributed by atoms with van der Waals surface area (Å²) in [5.74, 6) is 0.954. The summed E-state index contributed by atoms with van der Waals surface area (Å²) >= 11 is 5.10. The van der Waals surface area contributed by atoms with Gasteiger partial charge in [-0.25, -0.2) is 0 Å². The van der Waals surface area contributed by atoms with Gasteiger partial charge < -0.3 is 5.73 Å². The van der Waals surface area contributed by atoms with E-state index in [4.69, 9.17) is 18.0 Å². The second-order valence-electron chi connectivity index (χ2n) is 4.35. The first-order valence-electron chi connectivity index (χ1n) is 5.31. The molecule has 2 rings (SSSR count). The number of rotatable bonds is 3. The summed E-state index contributed by atoms with van der Waals surface area (Å²) in [7, 11) is 0. The molecule has 1 saturated heterocycles. The number of piperidine rings is 1. The Morgan fingerprint density at radius 2 is 2.08 bits per heavy atom. The van der Waals surface area contributed by atoms with E-state index in [1.54, 1.807) is 0 Å². The third-order valence-electron chi connectivity index (χ3n) is 3.13. The molecule has 1 aliphatic heterocycles. The van der Waals surface area contributed by atoms with E-state index in [9.17, 15) is 0 Å². The van der Waals surface area contributed by atoms with Crippen molar-refractivity contribution >= 4 is 17.2 Å². The monoisotopic (exact) mass is 198 g/mol. The fourth-order valence-electron chi connectivity index (χ4n) is 2.16. The third-order valence-corrected chi connectivity index (χ3v) is 3.40. The molecule has 1 saturated carbocycles. The second kappa shape index (κ2) is 3.93. The van der Waals surface area contributed by atoms with Gasteiger partial charge in [0.25, 0.3) is 0 Å². The topological polar surface area (TPSA) is 29.3 Å². The Morgan fingerprint density at radius 1 is 1.31 bits per heavy atom. The minimum absolute atomic E-state index is 0.407. The van der Waals surface area contributed by atoms with E-state index in [2.05, 4.69) is 4.90 Å². The standard InChI is InChI=1S/C10H18N2S/c11-10(13)9-3-1-2-6-12(9)7-8-4-5-8/h8-9H,1-7H2,(H2,11,13). The predicted octanol–water partition coefficient (Wildman–Crippen LogP) is 1.54. The molecule has 2 nitrogen and oxygen atoms in total. The average Bonchev–Trinajstić information content (AvgIpc) is 2.89. The third kappa shape index (κ3) is 2.41. The SMILES string of the molecule is NC(=S)C1CCCCN1CC1CC1. The number of hydrogen-bond acceptors (Lipinski definition) is 2. The van der Waals surface area contributed by atoms with Gasteiger partial charge in [0.05, 0.1) is 11.0 Å². The maximum absolute atomic E-state index is 5.74. The summed E-state index contributed by atoms with van der Waals surface area (Å²) in [5, 5.41) is 0. The van der Waals surface area contributed by atoms with Crippen molar-refractivity contribution in [1.29, 1.82) is 0 Å². The smallest absolute Gasteiger partial charge is 0.0902 e. The molecule has 0 amide bonds. The van der Waals surface area contributed by atoms with Crippen molar-refractivity contribution < 1.29 is 0 Å². The van der Waals surface area contributed by atoms with E-state index in [0.717, 1.165) is 5.92 Å². The Bertz CT molecular complexity index is 201. The number of hydrogen-bond donors (Lipinski definition) is 1. The molecule has 0 spiro atoms. The molecule has 2 aliphatic rings. The summed E-state index contributed by atoms with van der Waals surface area (Å²) in [4.78, 5) is 3.21. The number of thiocarbonyl (C=S) groups is 1. The first kappa shape index (κ1) is 9.41. The van der Waals surface area contributed by atoms with Gasteiger partial charge in [-0.3, -0.25) is 4.90 Å². The van der Waals surface area contributed by atoms with Gasteiger partial charge in [0, 0.05) is 6.54 Å². The lowest BCUT2D eigenvalue weighted by Gasteiger charge is -2.34. The van der Waals surface area contributed by atoms with Gasteiger partial charge in [-0.2, -0.15) is 0 Å². The van der Waals surface area contributed by atoms with Gasteiger partial charge in [-0.1, -0.05) is 18.6 Å². The lowest BCUT2D eigenvalue weighted by atomic mass is 10.0. The lowest BCUT2D eigenvalue weighted by Crippen LogP contribution is -2.47. The van der Waals surface area contributed by atoms with Crippen LogP contribution in [0.5, 0.6) is 0 Å². The fourth-order valence-corrected chi connectivity index (χ4v) is 2.43. The highest BCUT2D eigenvalue weighted by Gasteiger charge is 2.30. The van der Waals surface area contributed by atoms with E-state index >= 15 is 0 Å². The molecule has 74 valence electrons. The highest BCUT2D eigenvalue weighted by Crippen LogP contribution is 2.31. The lowest BCUT2D eigenvalue weighted by molar-refractivity contribution is 0.185. The molecular formula is C10H18N2S. The molecular weight excluding hydrogens is 180 g/mol. The predicted molar refractivity (Wildman–Crippen MR) is 58.7 cm³/mol. The molecule has 0 aromatic heterocycles. The molecule has 0 radical (unpaired) electrons.